The van der Waals surface area contributed by atoms with Crippen LogP contribution in [0.25, 0.3) is 0 Å². The molecule has 2 aromatic carbocycles. The number of benzene rings is 2. The first-order valence-electron chi connectivity index (χ1n) is 8.17. The maximum absolute atomic E-state index is 10.7. The lowest BCUT2D eigenvalue weighted by molar-refractivity contribution is 0.112. The van der Waals surface area contributed by atoms with E-state index in [4.69, 9.17) is 0 Å². The Kier molecular flexibility index (Phi) is 6.04. The highest BCUT2D eigenvalue weighted by atomic mass is 32.2. The predicted molar refractivity (Wildman–Crippen MR) is 99.4 cm³/mol. The van der Waals surface area contributed by atoms with Gasteiger partial charge < -0.3 is 5.32 Å². The van der Waals surface area contributed by atoms with Gasteiger partial charge in [-0.3, -0.25) is 4.79 Å². The molecular formula is C19H21N3OS. The third-order valence-electron chi connectivity index (χ3n) is 4.14. The Balaban J connectivity index is 1.71. The quantitative estimate of drug-likeness (QED) is 0.366. The van der Waals surface area contributed by atoms with Crippen molar-refractivity contribution < 1.29 is 4.79 Å². The molecule has 124 valence electrons. The second-order valence-corrected chi connectivity index (χ2v) is 6.63. The average Bonchev–Trinajstić information content (AvgIpc) is 2.67. The minimum atomic E-state index is 0.471. The van der Waals surface area contributed by atoms with E-state index in [-0.39, 0.29) is 0 Å². The largest absolute Gasteiger partial charge is 0.317 e. The summed E-state index contributed by atoms with van der Waals surface area (Å²) in [5, 5.41) is 8.09. The van der Waals surface area contributed by atoms with Crippen LogP contribution in [0.15, 0.2) is 64.6 Å². The second kappa shape index (κ2) is 8.66. The minimum Gasteiger partial charge on any atom is -0.317 e. The molecule has 1 fully saturated rings. The van der Waals surface area contributed by atoms with Crippen LogP contribution in [0.4, 0.5) is 0 Å². The fourth-order valence-corrected chi connectivity index (χ4v) is 3.36. The van der Waals surface area contributed by atoms with Crippen molar-refractivity contribution in [3.05, 3.63) is 65.7 Å². The normalized spacial score (nSPS) is 15.9. The minimum absolute atomic E-state index is 0.471. The Morgan fingerprint density at radius 1 is 1.08 bits per heavy atom. The van der Waals surface area contributed by atoms with Gasteiger partial charge in [-0.15, -0.1) is 0 Å². The third kappa shape index (κ3) is 4.46. The van der Waals surface area contributed by atoms with Crippen LogP contribution < -0.4 is 10.1 Å². The lowest BCUT2D eigenvalue weighted by Crippen LogP contribution is -2.32. The van der Waals surface area contributed by atoms with Crippen molar-refractivity contribution in [1.29, 1.82) is 0 Å². The zero-order valence-corrected chi connectivity index (χ0v) is 14.3. The zero-order valence-electron chi connectivity index (χ0n) is 13.4. The van der Waals surface area contributed by atoms with Crippen molar-refractivity contribution in [3.63, 3.8) is 0 Å². The summed E-state index contributed by atoms with van der Waals surface area (Å²) in [4.78, 5) is 14.9. The van der Waals surface area contributed by atoms with Gasteiger partial charge in [0.2, 0.25) is 0 Å². The van der Waals surface area contributed by atoms with E-state index >= 15 is 0 Å². The Bertz CT molecular complexity index is 680. The number of carbonyl (C=O) groups is 1. The van der Waals surface area contributed by atoms with Gasteiger partial charge >= 0.3 is 0 Å². The molecule has 24 heavy (non-hydrogen) atoms. The number of nitrogens with one attached hydrogen (secondary N) is 2. The van der Waals surface area contributed by atoms with Gasteiger partial charge in [-0.1, -0.05) is 42.5 Å². The van der Waals surface area contributed by atoms with Gasteiger partial charge in [-0.2, -0.15) is 5.10 Å². The van der Waals surface area contributed by atoms with Crippen molar-refractivity contribution in [3.8, 4) is 0 Å². The molecule has 1 aliphatic rings. The lowest BCUT2D eigenvalue weighted by Gasteiger charge is -2.24. The Morgan fingerprint density at radius 2 is 1.79 bits per heavy atom. The molecule has 0 atom stereocenters. The Morgan fingerprint density at radius 3 is 2.46 bits per heavy atom. The maximum atomic E-state index is 10.7. The lowest BCUT2D eigenvalue weighted by atomic mass is 9.89. The van der Waals surface area contributed by atoms with Crippen molar-refractivity contribution in [1.82, 2.24) is 10.1 Å². The second-order valence-electron chi connectivity index (χ2n) is 5.77. The highest BCUT2D eigenvalue weighted by Gasteiger charge is 2.20. The number of aldehydes is 1. The molecule has 4 nitrogen and oxygen atoms in total. The van der Waals surface area contributed by atoms with Gasteiger partial charge in [0.15, 0.2) is 0 Å². The van der Waals surface area contributed by atoms with Crippen LogP contribution in [-0.4, -0.2) is 25.1 Å². The summed E-state index contributed by atoms with van der Waals surface area (Å²) in [5.41, 5.74) is 2.98. The van der Waals surface area contributed by atoms with Crippen LogP contribution in [0.3, 0.4) is 0 Å². The highest BCUT2D eigenvalue weighted by molar-refractivity contribution is 7.97. The molecule has 0 unspecified atom stereocenters. The molecule has 0 bridgehead atoms. The number of hydrogen-bond donors (Lipinski definition) is 2. The van der Waals surface area contributed by atoms with Crippen LogP contribution in [0, 0.1) is 5.92 Å². The summed E-state index contributed by atoms with van der Waals surface area (Å²) in [6.45, 7) is 2.08. The maximum Gasteiger partial charge on any atom is 0.150 e. The summed E-state index contributed by atoms with van der Waals surface area (Å²) < 4.78 is 0. The molecule has 0 spiro atoms. The summed E-state index contributed by atoms with van der Waals surface area (Å²) in [7, 11) is 0. The SMILES string of the molecule is O=Cc1ccc(SN/N=C(\c2ccccc2)C2CCNCC2)cc1. The number of rotatable bonds is 6. The van der Waals surface area contributed by atoms with Gasteiger partial charge in [0.1, 0.15) is 6.29 Å². The molecule has 0 amide bonds. The van der Waals surface area contributed by atoms with Crippen LogP contribution in [0.5, 0.6) is 0 Å². The molecule has 2 aromatic rings. The molecule has 0 aromatic heterocycles. The zero-order chi connectivity index (χ0) is 16.6. The van der Waals surface area contributed by atoms with Crippen molar-refractivity contribution in [2.24, 2.45) is 11.0 Å². The third-order valence-corrected chi connectivity index (χ3v) is 4.83. The van der Waals surface area contributed by atoms with Crippen molar-refractivity contribution >= 4 is 23.9 Å². The van der Waals surface area contributed by atoms with Crippen molar-refractivity contribution in [2.75, 3.05) is 13.1 Å². The number of carbonyl (C=O) groups excluding carboxylic acids is 1. The van der Waals surface area contributed by atoms with E-state index in [0.717, 1.165) is 42.8 Å². The molecule has 0 radical (unpaired) electrons. The molecule has 5 heteroatoms. The van der Waals surface area contributed by atoms with Crippen LogP contribution in [0.1, 0.15) is 28.8 Å². The molecule has 0 aliphatic carbocycles. The van der Waals surface area contributed by atoms with E-state index in [2.05, 4.69) is 39.5 Å². The van der Waals surface area contributed by atoms with Gasteiger partial charge in [0, 0.05) is 28.3 Å². The molecule has 1 aliphatic heterocycles. The van der Waals surface area contributed by atoms with E-state index in [9.17, 15) is 4.79 Å². The van der Waals surface area contributed by atoms with Crippen LogP contribution in [0.2, 0.25) is 0 Å². The molecule has 3 rings (SSSR count). The smallest absolute Gasteiger partial charge is 0.150 e. The van der Waals surface area contributed by atoms with E-state index in [0.29, 0.717) is 11.5 Å². The monoisotopic (exact) mass is 339 g/mol. The number of piperidine rings is 1. The van der Waals surface area contributed by atoms with E-state index < -0.39 is 0 Å². The van der Waals surface area contributed by atoms with Gasteiger partial charge in [-0.25, -0.2) is 4.83 Å². The summed E-state index contributed by atoms with van der Waals surface area (Å²) >= 11 is 1.46. The van der Waals surface area contributed by atoms with E-state index in [1.807, 2.05) is 30.3 Å². The standard InChI is InChI=1S/C19H21N3OS/c23-14-15-6-8-18(9-7-15)24-22-21-19(16-4-2-1-3-5-16)17-10-12-20-13-11-17/h1-9,14,17,20,22H,10-13H2/b21-19+. The van der Waals surface area contributed by atoms with Crippen LogP contribution in [-0.2, 0) is 0 Å². The van der Waals surface area contributed by atoms with Gasteiger partial charge in [-0.05, 0) is 43.6 Å². The fraction of sp³-hybridized carbons (Fsp3) is 0.263. The Labute approximate surface area is 146 Å². The van der Waals surface area contributed by atoms with Crippen LogP contribution >= 0.6 is 11.9 Å². The summed E-state index contributed by atoms with van der Waals surface area (Å²) in [5.74, 6) is 0.471. The predicted octanol–water partition coefficient (Wildman–Crippen LogP) is 3.50. The first-order valence-corrected chi connectivity index (χ1v) is 8.99. The molecular weight excluding hydrogens is 318 g/mol. The Hall–Kier alpha value is -2.11. The summed E-state index contributed by atoms with van der Waals surface area (Å²) in [6, 6.07) is 17.8. The first-order chi connectivity index (χ1) is 11.9. The van der Waals surface area contributed by atoms with E-state index in [1.54, 1.807) is 0 Å². The number of hydrogen-bond acceptors (Lipinski definition) is 5. The topological polar surface area (TPSA) is 53.5 Å². The van der Waals surface area contributed by atoms with Gasteiger partial charge in [0.05, 0.1) is 5.71 Å². The average molecular weight is 339 g/mol. The van der Waals surface area contributed by atoms with E-state index in [1.165, 1.54) is 17.5 Å². The molecule has 1 saturated heterocycles. The fourth-order valence-electron chi connectivity index (χ4n) is 2.83. The molecule has 1 heterocycles. The van der Waals surface area contributed by atoms with Crippen molar-refractivity contribution in [2.45, 2.75) is 17.7 Å². The van der Waals surface area contributed by atoms with Gasteiger partial charge in [0.25, 0.3) is 0 Å². The highest BCUT2D eigenvalue weighted by Crippen LogP contribution is 2.20. The first kappa shape index (κ1) is 16.7. The molecule has 2 N–H and O–H groups in total. The summed E-state index contributed by atoms with van der Waals surface area (Å²) in [6.07, 6.45) is 3.06. The number of nitrogens with zero attached hydrogens (tertiary/aromatic N) is 1. The molecule has 0 saturated carbocycles. The number of hydrazone groups is 1.